The fourth-order valence-electron chi connectivity index (χ4n) is 2.63. The van der Waals surface area contributed by atoms with Crippen LogP contribution in [0.1, 0.15) is 46.1 Å². The van der Waals surface area contributed by atoms with Crippen molar-refractivity contribution in [2.24, 2.45) is 5.41 Å². The third kappa shape index (κ3) is 6.09. The van der Waals surface area contributed by atoms with Gasteiger partial charge in [0.25, 0.3) is 0 Å². The van der Waals surface area contributed by atoms with Crippen molar-refractivity contribution in [1.82, 2.24) is 9.62 Å². The van der Waals surface area contributed by atoms with E-state index in [-0.39, 0.29) is 12.0 Å². The van der Waals surface area contributed by atoms with Crippen LogP contribution < -0.4 is 4.72 Å². The second kappa shape index (κ2) is 8.53. The molecule has 5 nitrogen and oxygen atoms in total. The Balaban J connectivity index is 1.79. The zero-order chi connectivity index (χ0) is 19.4. The molecule has 7 heteroatoms. The number of nitrogens with zero attached hydrogens (tertiary/aromatic N) is 1. The lowest BCUT2D eigenvalue weighted by atomic mass is 9.80. The van der Waals surface area contributed by atoms with Gasteiger partial charge in [-0.15, -0.1) is 0 Å². The second-order valence-electron chi connectivity index (χ2n) is 7.87. The molecule has 26 heavy (non-hydrogen) atoms. The van der Waals surface area contributed by atoms with E-state index in [0.717, 1.165) is 5.56 Å². The Labute approximate surface area is 164 Å². The summed E-state index contributed by atoms with van der Waals surface area (Å²) in [5, 5.41) is 0.701. The Morgan fingerprint density at radius 1 is 1.23 bits per heavy atom. The van der Waals surface area contributed by atoms with Crippen molar-refractivity contribution in [3.8, 4) is 0 Å². The summed E-state index contributed by atoms with van der Waals surface area (Å²) in [6.07, 6.45) is 0.941. The highest BCUT2D eigenvalue weighted by atomic mass is 35.5. The highest BCUT2D eigenvalue weighted by molar-refractivity contribution is 7.97. The van der Waals surface area contributed by atoms with Crippen LogP contribution in [0.2, 0.25) is 5.02 Å². The van der Waals surface area contributed by atoms with Crippen LogP contribution in [0.5, 0.6) is 0 Å². The number of piperidine rings is 1. The normalized spacial score (nSPS) is 16.9. The van der Waals surface area contributed by atoms with Crippen molar-refractivity contribution in [1.29, 1.82) is 0 Å². The van der Waals surface area contributed by atoms with Gasteiger partial charge in [-0.2, -0.15) is 0 Å². The lowest BCUT2D eigenvalue weighted by Crippen LogP contribution is -2.48. The van der Waals surface area contributed by atoms with Crippen molar-refractivity contribution >= 4 is 35.5 Å². The maximum atomic E-state index is 12.6. The van der Waals surface area contributed by atoms with Crippen LogP contribution >= 0.6 is 23.5 Å². The van der Waals surface area contributed by atoms with E-state index in [4.69, 9.17) is 16.3 Å². The van der Waals surface area contributed by atoms with E-state index < -0.39 is 11.0 Å². The van der Waals surface area contributed by atoms with E-state index in [2.05, 4.69) is 4.72 Å². The quantitative estimate of drug-likeness (QED) is 0.750. The summed E-state index contributed by atoms with van der Waals surface area (Å²) >= 11 is 7.25. The van der Waals surface area contributed by atoms with E-state index in [1.807, 2.05) is 52.0 Å². The van der Waals surface area contributed by atoms with Gasteiger partial charge in [-0.05, 0) is 63.3 Å². The summed E-state index contributed by atoms with van der Waals surface area (Å²) in [4.78, 5) is 26.4. The highest BCUT2D eigenvalue weighted by Crippen LogP contribution is 2.32. The van der Waals surface area contributed by atoms with Crippen molar-refractivity contribution in [2.75, 3.05) is 13.1 Å². The summed E-state index contributed by atoms with van der Waals surface area (Å²) in [6, 6.07) is 7.57. The van der Waals surface area contributed by atoms with Gasteiger partial charge in [0.2, 0.25) is 5.91 Å². The molecule has 1 aromatic carbocycles. The average molecular weight is 399 g/mol. The van der Waals surface area contributed by atoms with Crippen LogP contribution in [0, 0.1) is 5.41 Å². The predicted molar refractivity (Wildman–Crippen MR) is 106 cm³/mol. The molecule has 1 saturated heterocycles. The zero-order valence-corrected chi connectivity index (χ0v) is 17.4. The molecule has 1 aliphatic heterocycles. The van der Waals surface area contributed by atoms with Gasteiger partial charge < -0.3 is 9.64 Å². The largest absolute Gasteiger partial charge is 0.444 e. The molecule has 0 aromatic heterocycles. The third-order valence-corrected chi connectivity index (χ3v) is 5.44. The van der Waals surface area contributed by atoms with Gasteiger partial charge in [0.15, 0.2) is 0 Å². The molecule has 2 rings (SSSR count). The molecule has 144 valence electrons. The number of rotatable bonds is 4. The average Bonchev–Trinajstić information content (AvgIpc) is 2.55. The summed E-state index contributed by atoms with van der Waals surface area (Å²) in [5.74, 6) is 0.698. The molecule has 0 radical (unpaired) electrons. The molecule has 1 aliphatic rings. The lowest BCUT2D eigenvalue weighted by molar-refractivity contribution is -0.130. The second-order valence-corrected chi connectivity index (χ2v) is 9.09. The van der Waals surface area contributed by atoms with Crippen molar-refractivity contribution < 1.29 is 14.3 Å². The number of amides is 2. The molecular weight excluding hydrogens is 372 g/mol. The minimum Gasteiger partial charge on any atom is -0.444 e. The zero-order valence-electron chi connectivity index (χ0n) is 15.8. The maximum absolute atomic E-state index is 12.6. The van der Waals surface area contributed by atoms with Crippen LogP contribution in [0.3, 0.4) is 0 Å². The molecule has 1 heterocycles. The van der Waals surface area contributed by atoms with Crippen molar-refractivity contribution in [3.05, 3.63) is 34.9 Å². The summed E-state index contributed by atoms with van der Waals surface area (Å²) in [7, 11) is 0. The molecule has 0 spiro atoms. The molecule has 1 aromatic rings. The number of likely N-dealkylation sites (tertiary alicyclic amines) is 1. The highest BCUT2D eigenvalue weighted by Gasteiger charge is 2.39. The number of benzene rings is 1. The summed E-state index contributed by atoms with van der Waals surface area (Å²) < 4.78 is 8.35. The fraction of sp³-hybridized carbons (Fsp3) is 0.579. The van der Waals surface area contributed by atoms with Gasteiger partial charge in [0.05, 0.1) is 5.41 Å². The van der Waals surface area contributed by atoms with Crippen molar-refractivity contribution in [2.45, 2.75) is 51.9 Å². The van der Waals surface area contributed by atoms with Crippen LogP contribution in [0.25, 0.3) is 0 Å². The van der Waals surface area contributed by atoms with E-state index >= 15 is 0 Å². The lowest BCUT2D eigenvalue weighted by Gasteiger charge is -2.38. The first-order valence-corrected chi connectivity index (χ1v) is 10.1. The Kier molecular flexibility index (Phi) is 6.86. The topological polar surface area (TPSA) is 58.6 Å². The SMILES string of the molecule is CC(C)(C)OC(=O)N1CCC(C)(C(=O)NSCc2ccc(Cl)cc2)CC1. The first-order chi connectivity index (χ1) is 12.1. The molecular formula is C19H27ClN2O3S. The van der Waals surface area contributed by atoms with Gasteiger partial charge in [-0.1, -0.05) is 30.7 Å². The molecule has 0 aliphatic carbocycles. The van der Waals surface area contributed by atoms with Crippen molar-refractivity contribution in [3.63, 3.8) is 0 Å². The Morgan fingerprint density at radius 3 is 2.35 bits per heavy atom. The van der Waals surface area contributed by atoms with Gasteiger partial charge in [-0.3, -0.25) is 9.52 Å². The Bertz CT molecular complexity index is 635. The van der Waals surface area contributed by atoms with Gasteiger partial charge in [-0.25, -0.2) is 4.79 Å². The van der Waals surface area contributed by atoms with Crippen LogP contribution in [-0.4, -0.2) is 35.6 Å². The fourth-order valence-corrected chi connectivity index (χ4v) is 3.56. The smallest absolute Gasteiger partial charge is 0.410 e. The third-order valence-electron chi connectivity index (χ3n) is 4.38. The van der Waals surface area contributed by atoms with Gasteiger partial charge in [0, 0.05) is 23.9 Å². The van der Waals surface area contributed by atoms with Crippen LogP contribution in [0.4, 0.5) is 4.79 Å². The number of nitrogens with one attached hydrogen (secondary N) is 1. The number of hydrogen-bond donors (Lipinski definition) is 1. The molecule has 0 bridgehead atoms. The number of carbonyl (C=O) groups excluding carboxylic acids is 2. The summed E-state index contributed by atoms with van der Waals surface area (Å²) in [6.45, 7) is 8.57. The Morgan fingerprint density at radius 2 is 1.81 bits per heavy atom. The monoisotopic (exact) mass is 398 g/mol. The molecule has 0 saturated carbocycles. The van der Waals surface area contributed by atoms with E-state index in [1.165, 1.54) is 11.9 Å². The number of halogens is 1. The van der Waals surface area contributed by atoms with E-state index in [1.54, 1.807) is 4.90 Å². The minimum atomic E-state index is -0.506. The maximum Gasteiger partial charge on any atom is 0.410 e. The standard InChI is InChI=1S/C19H27ClN2O3S/c1-18(2,3)25-17(24)22-11-9-19(4,10-12-22)16(23)21-26-13-14-5-7-15(20)8-6-14/h5-8H,9-13H2,1-4H3,(H,21,23). The minimum absolute atomic E-state index is 0.0142. The molecule has 2 amide bonds. The van der Waals surface area contributed by atoms with Gasteiger partial charge >= 0.3 is 6.09 Å². The first kappa shape index (κ1) is 20.9. The van der Waals surface area contributed by atoms with Crippen LogP contribution in [0.15, 0.2) is 24.3 Å². The molecule has 1 N–H and O–H groups in total. The first-order valence-electron chi connectivity index (χ1n) is 8.74. The van der Waals surface area contributed by atoms with E-state index in [9.17, 15) is 9.59 Å². The van der Waals surface area contributed by atoms with Gasteiger partial charge in [0.1, 0.15) is 5.60 Å². The molecule has 1 fully saturated rings. The summed E-state index contributed by atoms with van der Waals surface area (Å²) in [5.41, 5.74) is 0.128. The number of carbonyl (C=O) groups is 2. The number of ether oxygens (including phenoxy) is 1. The number of hydrogen-bond acceptors (Lipinski definition) is 4. The predicted octanol–water partition coefficient (Wildman–Crippen LogP) is 4.64. The van der Waals surface area contributed by atoms with Crippen LogP contribution in [-0.2, 0) is 15.3 Å². The molecule has 0 unspecified atom stereocenters. The Hall–Kier alpha value is -1.40. The molecule has 0 atom stereocenters. The van der Waals surface area contributed by atoms with E-state index in [0.29, 0.717) is 36.7 Å².